The molecule has 6 heteroatoms. The van der Waals surface area contributed by atoms with Crippen LogP contribution in [0.1, 0.15) is 12.1 Å². The molecule has 4 nitrogen and oxygen atoms in total. The number of nitrogens with zero attached hydrogens (tertiary/aromatic N) is 2. The van der Waals surface area contributed by atoms with Crippen molar-refractivity contribution in [3.8, 4) is 10.7 Å². The Morgan fingerprint density at radius 3 is 3.06 bits per heavy atom. The van der Waals surface area contributed by atoms with Crippen LogP contribution in [0, 0.1) is 0 Å². The highest BCUT2D eigenvalue weighted by molar-refractivity contribution is 7.13. The minimum absolute atomic E-state index is 0.0580. The molecule has 0 saturated heterocycles. The van der Waals surface area contributed by atoms with Gasteiger partial charge in [0.15, 0.2) is 0 Å². The van der Waals surface area contributed by atoms with E-state index in [1.807, 2.05) is 23.6 Å². The van der Waals surface area contributed by atoms with Crippen molar-refractivity contribution in [1.82, 2.24) is 15.3 Å². The quantitative estimate of drug-likeness (QED) is 0.857. The fraction of sp³-hybridized carbons (Fsp3) is 0.250. The Labute approximate surface area is 114 Å². The van der Waals surface area contributed by atoms with Crippen LogP contribution in [0.2, 0.25) is 0 Å². The lowest BCUT2D eigenvalue weighted by Crippen LogP contribution is -2.22. The van der Waals surface area contributed by atoms with Crippen LogP contribution < -0.4 is 5.32 Å². The van der Waals surface area contributed by atoms with Crippen molar-refractivity contribution in [3.05, 3.63) is 35.5 Å². The summed E-state index contributed by atoms with van der Waals surface area (Å²) in [6, 6.07) is 5.70. The molecule has 0 unspecified atom stereocenters. The molecule has 0 radical (unpaired) electrons. The van der Waals surface area contributed by atoms with E-state index in [1.54, 1.807) is 6.20 Å². The summed E-state index contributed by atoms with van der Waals surface area (Å²) >= 11 is 7.00. The van der Waals surface area contributed by atoms with Crippen LogP contribution in [0.5, 0.6) is 0 Å². The molecule has 1 N–H and O–H groups in total. The summed E-state index contributed by atoms with van der Waals surface area (Å²) in [5, 5.41) is 5.55. The summed E-state index contributed by atoms with van der Waals surface area (Å²) in [6.07, 6.45) is 2.07. The van der Waals surface area contributed by atoms with E-state index in [1.165, 1.54) is 11.3 Å². The maximum atomic E-state index is 11.3. The number of thiazole rings is 1. The summed E-state index contributed by atoms with van der Waals surface area (Å²) in [6.45, 7) is 0.430. The maximum absolute atomic E-state index is 11.3. The van der Waals surface area contributed by atoms with Crippen molar-refractivity contribution in [2.45, 2.75) is 13.0 Å². The number of alkyl halides is 1. The molecular weight excluding hydrogens is 270 g/mol. The number of pyridine rings is 1. The fourth-order valence-corrected chi connectivity index (χ4v) is 2.33. The molecule has 1 amide bonds. The Kier molecular flexibility index (Phi) is 4.66. The van der Waals surface area contributed by atoms with E-state index >= 15 is 0 Å². The van der Waals surface area contributed by atoms with Gasteiger partial charge in [-0.1, -0.05) is 6.07 Å². The lowest BCUT2D eigenvalue weighted by molar-refractivity contribution is -0.120. The zero-order valence-electron chi connectivity index (χ0n) is 9.60. The number of hydrogen-bond acceptors (Lipinski definition) is 4. The molecule has 94 valence electrons. The second-order valence-corrected chi connectivity index (χ2v) is 4.81. The summed E-state index contributed by atoms with van der Waals surface area (Å²) < 4.78 is 0. The first-order valence-corrected chi connectivity index (χ1v) is 6.89. The van der Waals surface area contributed by atoms with Gasteiger partial charge in [-0.3, -0.25) is 9.78 Å². The van der Waals surface area contributed by atoms with Crippen LogP contribution >= 0.6 is 22.9 Å². The smallest absolute Gasteiger partial charge is 0.221 e. The maximum Gasteiger partial charge on any atom is 0.221 e. The van der Waals surface area contributed by atoms with Gasteiger partial charge in [0.1, 0.15) is 5.01 Å². The van der Waals surface area contributed by atoms with Gasteiger partial charge in [0.25, 0.3) is 0 Å². The number of hydrogen-bond donors (Lipinski definition) is 1. The van der Waals surface area contributed by atoms with E-state index in [9.17, 15) is 4.79 Å². The third-order valence-electron chi connectivity index (χ3n) is 2.22. The molecule has 0 aliphatic carbocycles. The molecule has 0 saturated carbocycles. The van der Waals surface area contributed by atoms with E-state index in [-0.39, 0.29) is 5.91 Å². The van der Waals surface area contributed by atoms with Crippen molar-refractivity contribution >= 4 is 28.8 Å². The van der Waals surface area contributed by atoms with Gasteiger partial charge in [-0.15, -0.1) is 22.9 Å². The van der Waals surface area contributed by atoms with Gasteiger partial charge in [0, 0.05) is 23.9 Å². The number of nitrogens with one attached hydrogen (secondary N) is 1. The molecular formula is C12H12ClN3OS. The van der Waals surface area contributed by atoms with Crippen LogP contribution in [-0.2, 0) is 11.3 Å². The second-order valence-electron chi connectivity index (χ2n) is 3.57. The molecule has 2 rings (SSSR count). The average molecular weight is 282 g/mol. The molecule has 0 fully saturated rings. The molecule has 18 heavy (non-hydrogen) atoms. The molecule has 0 spiro atoms. The molecule has 2 aromatic heterocycles. The van der Waals surface area contributed by atoms with E-state index in [0.29, 0.717) is 18.8 Å². The molecule has 0 aliphatic heterocycles. The molecule has 0 bridgehead atoms. The first-order valence-electron chi connectivity index (χ1n) is 5.48. The molecule has 0 aliphatic rings. The number of carbonyl (C=O) groups is 1. The lowest BCUT2D eigenvalue weighted by Gasteiger charge is -2.00. The van der Waals surface area contributed by atoms with E-state index in [2.05, 4.69) is 15.3 Å². The minimum atomic E-state index is -0.0580. The third kappa shape index (κ3) is 3.51. The Morgan fingerprint density at radius 2 is 2.33 bits per heavy atom. The van der Waals surface area contributed by atoms with Gasteiger partial charge >= 0.3 is 0 Å². The number of carbonyl (C=O) groups excluding carboxylic acids is 1. The number of rotatable bonds is 5. The molecule has 0 aromatic carbocycles. The Hall–Kier alpha value is -1.46. The molecule has 0 atom stereocenters. The predicted octanol–water partition coefficient (Wildman–Crippen LogP) is 2.45. The van der Waals surface area contributed by atoms with E-state index < -0.39 is 0 Å². The summed E-state index contributed by atoms with van der Waals surface area (Å²) in [7, 11) is 0. The third-order valence-corrected chi connectivity index (χ3v) is 3.33. The Bertz CT molecular complexity index is 515. The summed E-state index contributed by atoms with van der Waals surface area (Å²) in [5.74, 6) is 0.277. The SMILES string of the molecule is O=C(CCCl)NCc1csc(-c2ccccn2)n1. The minimum Gasteiger partial charge on any atom is -0.350 e. The van der Waals surface area contributed by atoms with Crippen LogP contribution in [0.15, 0.2) is 29.8 Å². The van der Waals surface area contributed by atoms with Gasteiger partial charge in [-0.05, 0) is 12.1 Å². The first kappa shape index (κ1) is 13.0. The van der Waals surface area contributed by atoms with Crippen molar-refractivity contribution in [3.63, 3.8) is 0 Å². The zero-order chi connectivity index (χ0) is 12.8. The van der Waals surface area contributed by atoms with E-state index in [4.69, 9.17) is 11.6 Å². The highest BCUT2D eigenvalue weighted by Crippen LogP contribution is 2.21. The first-order chi connectivity index (χ1) is 8.79. The Morgan fingerprint density at radius 1 is 1.44 bits per heavy atom. The predicted molar refractivity (Wildman–Crippen MR) is 72.5 cm³/mol. The summed E-state index contributed by atoms with van der Waals surface area (Å²) in [4.78, 5) is 19.9. The van der Waals surface area contributed by atoms with Crippen LogP contribution in [0.4, 0.5) is 0 Å². The summed E-state index contributed by atoms with van der Waals surface area (Å²) in [5.41, 5.74) is 1.68. The van der Waals surface area contributed by atoms with Crippen LogP contribution in [0.3, 0.4) is 0 Å². The van der Waals surface area contributed by atoms with Crippen molar-refractivity contribution < 1.29 is 4.79 Å². The highest BCUT2D eigenvalue weighted by atomic mass is 35.5. The number of aromatic nitrogens is 2. The topological polar surface area (TPSA) is 54.9 Å². The van der Waals surface area contributed by atoms with Gasteiger partial charge in [-0.25, -0.2) is 4.98 Å². The zero-order valence-corrected chi connectivity index (χ0v) is 11.2. The van der Waals surface area contributed by atoms with Gasteiger partial charge < -0.3 is 5.32 Å². The standard InChI is InChI=1S/C12H12ClN3OS/c13-5-4-11(17)15-7-9-8-18-12(16-9)10-3-1-2-6-14-10/h1-3,6,8H,4-5,7H2,(H,15,17). The van der Waals surface area contributed by atoms with E-state index in [0.717, 1.165) is 16.4 Å². The van der Waals surface area contributed by atoms with Gasteiger partial charge in [0.05, 0.1) is 17.9 Å². The lowest BCUT2D eigenvalue weighted by atomic mass is 10.3. The Balaban J connectivity index is 1.97. The van der Waals surface area contributed by atoms with Crippen LogP contribution in [0.25, 0.3) is 10.7 Å². The number of amides is 1. The molecule has 2 aromatic rings. The monoisotopic (exact) mass is 281 g/mol. The van der Waals surface area contributed by atoms with Gasteiger partial charge in [0.2, 0.25) is 5.91 Å². The normalized spacial score (nSPS) is 10.3. The van der Waals surface area contributed by atoms with Crippen LogP contribution in [-0.4, -0.2) is 21.8 Å². The van der Waals surface area contributed by atoms with Crippen molar-refractivity contribution in [2.75, 3.05) is 5.88 Å². The van der Waals surface area contributed by atoms with Crippen molar-refractivity contribution in [2.24, 2.45) is 0 Å². The van der Waals surface area contributed by atoms with Gasteiger partial charge in [-0.2, -0.15) is 0 Å². The fourth-order valence-electron chi connectivity index (χ4n) is 1.36. The average Bonchev–Trinajstić information content (AvgIpc) is 2.87. The second kappa shape index (κ2) is 6.47. The molecule has 2 heterocycles. The van der Waals surface area contributed by atoms with Crippen molar-refractivity contribution in [1.29, 1.82) is 0 Å². The highest BCUT2D eigenvalue weighted by Gasteiger charge is 2.06. The largest absolute Gasteiger partial charge is 0.350 e. The number of halogens is 1.